The van der Waals surface area contributed by atoms with Crippen LogP contribution in [0.25, 0.3) is 0 Å². The topological polar surface area (TPSA) is 51.2 Å². The summed E-state index contributed by atoms with van der Waals surface area (Å²) in [6.07, 6.45) is -3.56. The van der Waals surface area contributed by atoms with Gasteiger partial charge in [-0.3, -0.25) is 4.79 Å². The second-order valence-corrected chi connectivity index (χ2v) is 8.10. The van der Waals surface area contributed by atoms with Crippen molar-refractivity contribution in [1.29, 1.82) is 0 Å². The molecule has 180 valence electrons. The van der Waals surface area contributed by atoms with Crippen LogP contribution in [0.3, 0.4) is 0 Å². The highest BCUT2D eigenvalue weighted by Gasteiger charge is 2.34. The average Bonchev–Trinajstić information content (AvgIpc) is 2.74. The van der Waals surface area contributed by atoms with Crippen molar-refractivity contribution in [3.63, 3.8) is 0 Å². The van der Waals surface area contributed by atoms with Crippen LogP contribution in [0.1, 0.15) is 38.2 Å². The van der Waals surface area contributed by atoms with Crippen LogP contribution in [0.15, 0.2) is 48.7 Å². The Hall–Kier alpha value is -3.20. The first-order valence-electron chi connectivity index (χ1n) is 10.0. The lowest BCUT2D eigenvalue weighted by Gasteiger charge is -2.21. The molecule has 2 aromatic carbocycles. The largest absolute Gasteiger partial charge is 0.455 e. The predicted octanol–water partition coefficient (Wildman–Crippen LogP) is 6.99. The number of pyridine rings is 1. The molecule has 0 atom stereocenters. The Bertz CT molecular complexity index is 1230. The van der Waals surface area contributed by atoms with Gasteiger partial charge in [-0.2, -0.15) is 22.0 Å². The fraction of sp³-hybridized carbons (Fsp3) is 0.250. The van der Waals surface area contributed by atoms with Gasteiger partial charge in [0.05, 0.1) is 23.9 Å². The Morgan fingerprint density at radius 2 is 1.76 bits per heavy atom. The number of hydrogen-bond acceptors (Lipinski definition) is 3. The smallest absolute Gasteiger partial charge is 0.416 e. The summed E-state index contributed by atoms with van der Waals surface area (Å²) in [6.45, 7) is 3.73. The normalized spacial score (nSPS) is 11.9. The van der Waals surface area contributed by atoms with E-state index in [4.69, 9.17) is 16.3 Å². The lowest BCUT2D eigenvalue weighted by Crippen LogP contribution is -2.36. The number of alkyl halides is 5. The molecule has 3 aromatic rings. The molecule has 0 bridgehead atoms. The standard InChI is InChI=1S/C24H20ClF5N2O2/c1-13-7-8-18(14(2)9-13)23(26,27)12-32-22(33)20-15(3)21(25)31-11-19(20)34-17-6-4-5-16(10-17)24(28,29)30/h4-11H,12H2,1-3H3,(H,32,33). The van der Waals surface area contributed by atoms with Crippen molar-refractivity contribution in [3.05, 3.63) is 87.2 Å². The predicted molar refractivity (Wildman–Crippen MR) is 118 cm³/mol. The molecule has 0 saturated carbocycles. The molecule has 1 aromatic heterocycles. The SMILES string of the molecule is Cc1ccc(C(F)(F)CNC(=O)c2c(Oc3cccc(C(F)(F)F)c3)cnc(Cl)c2C)c(C)c1. The van der Waals surface area contributed by atoms with Crippen LogP contribution in [0.4, 0.5) is 22.0 Å². The quantitative estimate of drug-likeness (QED) is 0.294. The third kappa shape index (κ3) is 5.64. The lowest BCUT2D eigenvalue weighted by atomic mass is 10.00. The van der Waals surface area contributed by atoms with Crippen molar-refractivity contribution in [2.24, 2.45) is 0 Å². The molecule has 0 aliphatic carbocycles. The summed E-state index contributed by atoms with van der Waals surface area (Å²) in [7, 11) is 0. The molecule has 0 fully saturated rings. The van der Waals surface area contributed by atoms with Crippen molar-refractivity contribution < 1.29 is 31.5 Å². The summed E-state index contributed by atoms with van der Waals surface area (Å²) in [5.74, 6) is -4.75. The van der Waals surface area contributed by atoms with Gasteiger partial charge in [0.25, 0.3) is 11.8 Å². The van der Waals surface area contributed by atoms with Crippen LogP contribution < -0.4 is 10.1 Å². The first-order chi connectivity index (χ1) is 15.8. The molecule has 1 N–H and O–H groups in total. The van der Waals surface area contributed by atoms with Crippen LogP contribution in [0.5, 0.6) is 11.5 Å². The van der Waals surface area contributed by atoms with E-state index >= 15 is 0 Å². The minimum absolute atomic E-state index is 0.0809. The molecule has 0 radical (unpaired) electrons. The molecule has 34 heavy (non-hydrogen) atoms. The van der Waals surface area contributed by atoms with Crippen molar-refractivity contribution >= 4 is 17.5 Å². The van der Waals surface area contributed by atoms with E-state index in [1.807, 2.05) is 0 Å². The number of aromatic nitrogens is 1. The number of ether oxygens (including phenoxy) is 1. The van der Waals surface area contributed by atoms with Gasteiger partial charge in [-0.25, -0.2) is 4.98 Å². The number of nitrogens with one attached hydrogen (secondary N) is 1. The van der Waals surface area contributed by atoms with E-state index in [2.05, 4.69) is 10.3 Å². The molecule has 1 amide bonds. The summed E-state index contributed by atoms with van der Waals surface area (Å²) in [4.78, 5) is 16.7. The van der Waals surface area contributed by atoms with Crippen LogP contribution in [-0.4, -0.2) is 17.4 Å². The monoisotopic (exact) mass is 498 g/mol. The zero-order valence-corrected chi connectivity index (χ0v) is 19.1. The van der Waals surface area contributed by atoms with Crippen LogP contribution in [0, 0.1) is 20.8 Å². The molecular formula is C24H20ClF5N2O2. The van der Waals surface area contributed by atoms with Crippen molar-refractivity contribution in [2.45, 2.75) is 32.9 Å². The van der Waals surface area contributed by atoms with E-state index in [1.54, 1.807) is 26.0 Å². The number of nitrogens with zero attached hydrogens (tertiary/aromatic N) is 1. The fourth-order valence-electron chi connectivity index (χ4n) is 3.39. The average molecular weight is 499 g/mol. The second-order valence-electron chi connectivity index (χ2n) is 7.75. The first-order valence-corrected chi connectivity index (χ1v) is 10.4. The molecular weight excluding hydrogens is 479 g/mol. The zero-order chi connectivity index (χ0) is 25.3. The highest BCUT2D eigenvalue weighted by molar-refractivity contribution is 6.30. The van der Waals surface area contributed by atoms with Crippen LogP contribution >= 0.6 is 11.6 Å². The minimum atomic E-state index is -4.60. The fourth-order valence-corrected chi connectivity index (χ4v) is 3.53. The van der Waals surface area contributed by atoms with Crippen LogP contribution in [-0.2, 0) is 12.1 Å². The van der Waals surface area contributed by atoms with E-state index in [-0.39, 0.29) is 33.3 Å². The van der Waals surface area contributed by atoms with E-state index in [1.165, 1.54) is 19.1 Å². The molecule has 0 aliphatic rings. The number of hydrogen-bond donors (Lipinski definition) is 1. The molecule has 0 saturated heterocycles. The Kier molecular flexibility index (Phi) is 7.16. The number of rotatable bonds is 6. The van der Waals surface area contributed by atoms with E-state index < -0.39 is 30.1 Å². The maximum Gasteiger partial charge on any atom is 0.416 e. The maximum atomic E-state index is 14.8. The number of halogens is 6. The van der Waals surface area contributed by atoms with Gasteiger partial charge in [0.2, 0.25) is 0 Å². The Morgan fingerprint density at radius 1 is 1.06 bits per heavy atom. The van der Waals surface area contributed by atoms with Gasteiger partial charge in [0.1, 0.15) is 10.9 Å². The first kappa shape index (κ1) is 25.4. The summed E-state index contributed by atoms with van der Waals surface area (Å²) in [5, 5.41) is 2.09. The van der Waals surface area contributed by atoms with E-state index in [9.17, 15) is 26.7 Å². The van der Waals surface area contributed by atoms with E-state index in [0.29, 0.717) is 5.56 Å². The number of carbonyl (C=O) groups is 1. The van der Waals surface area contributed by atoms with Crippen molar-refractivity contribution in [2.75, 3.05) is 6.54 Å². The maximum absolute atomic E-state index is 14.8. The van der Waals surface area contributed by atoms with Crippen LogP contribution in [0.2, 0.25) is 5.15 Å². The molecule has 3 rings (SSSR count). The van der Waals surface area contributed by atoms with Gasteiger partial charge in [-0.05, 0) is 44.5 Å². The lowest BCUT2D eigenvalue weighted by molar-refractivity contribution is -0.137. The third-order valence-corrected chi connectivity index (χ3v) is 5.47. The number of aryl methyl sites for hydroxylation is 2. The van der Waals surface area contributed by atoms with Crippen molar-refractivity contribution in [1.82, 2.24) is 10.3 Å². The number of benzene rings is 2. The summed E-state index contributed by atoms with van der Waals surface area (Å²) in [6, 6.07) is 8.47. The molecule has 0 spiro atoms. The highest BCUT2D eigenvalue weighted by Crippen LogP contribution is 2.35. The number of amides is 1. The molecule has 10 heteroatoms. The molecule has 0 unspecified atom stereocenters. The van der Waals surface area contributed by atoms with Gasteiger partial charge >= 0.3 is 6.18 Å². The van der Waals surface area contributed by atoms with Gasteiger partial charge in [0.15, 0.2) is 5.75 Å². The van der Waals surface area contributed by atoms with Crippen molar-refractivity contribution in [3.8, 4) is 11.5 Å². The molecule has 0 aliphatic heterocycles. The summed E-state index contributed by atoms with van der Waals surface area (Å²) in [5.41, 5.74) is -0.0890. The Labute approximate surface area is 197 Å². The molecule has 4 nitrogen and oxygen atoms in total. The Balaban J connectivity index is 1.88. The summed E-state index contributed by atoms with van der Waals surface area (Å²) >= 11 is 6.00. The highest BCUT2D eigenvalue weighted by atomic mass is 35.5. The van der Waals surface area contributed by atoms with Gasteiger partial charge in [-0.15, -0.1) is 0 Å². The van der Waals surface area contributed by atoms with Gasteiger partial charge < -0.3 is 10.1 Å². The zero-order valence-electron chi connectivity index (χ0n) is 18.4. The summed E-state index contributed by atoms with van der Waals surface area (Å²) < 4.78 is 74.2. The minimum Gasteiger partial charge on any atom is -0.455 e. The van der Waals surface area contributed by atoms with E-state index in [0.717, 1.165) is 30.0 Å². The Morgan fingerprint density at radius 3 is 2.41 bits per heavy atom. The van der Waals surface area contributed by atoms with Gasteiger partial charge in [-0.1, -0.05) is 41.4 Å². The number of carbonyl (C=O) groups excluding carboxylic acids is 1. The van der Waals surface area contributed by atoms with Gasteiger partial charge in [0, 0.05) is 11.1 Å². The molecule has 1 heterocycles. The second kappa shape index (κ2) is 9.58. The third-order valence-electron chi connectivity index (χ3n) is 5.09.